The van der Waals surface area contributed by atoms with Gasteiger partial charge < -0.3 is 9.88 Å². The Morgan fingerprint density at radius 3 is 2.84 bits per heavy atom. The molecule has 134 valence electrons. The lowest BCUT2D eigenvalue weighted by atomic mass is 10.1. The Morgan fingerprint density at radius 1 is 1.24 bits per heavy atom. The smallest absolute Gasteiger partial charge is 0.239 e. The van der Waals surface area contributed by atoms with E-state index >= 15 is 0 Å². The summed E-state index contributed by atoms with van der Waals surface area (Å²) in [5.74, 6) is 0.896. The van der Waals surface area contributed by atoms with Crippen molar-refractivity contribution in [2.24, 2.45) is 7.05 Å². The van der Waals surface area contributed by atoms with E-state index in [1.54, 1.807) is 6.20 Å². The molecule has 1 aliphatic heterocycles. The van der Waals surface area contributed by atoms with Gasteiger partial charge >= 0.3 is 0 Å². The first-order valence-electron chi connectivity index (χ1n) is 9.41. The van der Waals surface area contributed by atoms with E-state index in [9.17, 15) is 4.79 Å². The van der Waals surface area contributed by atoms with Crippen LogP contribution in [-0.2, 0) is 11.8 Å². The molecule has 4 rings (SSSR count). The van der Waals surface area contributed by atoms with Crippen molar-refractivity contribution >= 4 is 11.7 Å². The molecule has 6 heteroatoms. The summed E-state index contributed by atoms with van der Waals surface area (Å²) in [5.41, 5.74) is 1.29. The van der Waals surface area contributed by atoms with Crippen LogP contribution in [0, 0.1) is 0 Å². The minimum absolute atomic E-state index is 0.0563. The Hall–Kier alpha value is -2.08. The fourth-order valence-electron chi connectivity index (χ4n) is 4.39. The van der Waals surface area contributed by atoms with Gasteiger partial charge in [-0.05, 0) is 44.4 Å². The molecular formula is C19H27N5O. The first kappa shape index (κ1) is 16.4. The van der Waals surface area contributed by atoms with Crippen molar-refractivity contribution < 1.29 is 4.79 Å². The second-order valence-electron chi connectivity index (χ2n) is 7.32. The molecule has 3 heterocycles. The van der Waals surface area contributed by atoms with Gasteiger partial charge in [-0.25, -0.2) is 4.68 Å². The standard InChI is InChI=1S/C19H27N5O/c1-22-12-4-8-16(22)17-9-5-13-23(17)14-19(25)21-18-10-11-20-24(18)15-6-2-3-7-15/h4,8,10-12,15,17H,2-3,5-7,9,13-14H2,1H3,(H,21,25)/t17-/m1/s1. The summed E-state index contributed by atoms with van der Waals surface area (Å²) >= 11 is 0. The third kappa shape index (κ3) is 3.35. The quantitative estimate of drug-likeness (QED) is 0.909. The van der Waals surface area contributed by atoms with Gasteiger partial charge in [0.1, 0.15) is 5.82 Å². The summed E-state index contributed by atoms with van der Waals surface area (Å²) in [6.07, 6.45) is 10.9. The summed E-state index contributed by atoms with van der Waals surface area (Å²) in [5, 5.41) is 7.52. The largest absolute Gasteiger partial charge is 0.353 e. The average Bonchev–Trinajstić information content (AvgIpc) is 3.33. The molecule has 2 aromatic rings. The zero-order valence-electron chi connectivity index (χ0n) is 14.9. The molecule has 0 spiro atoms. The molecule has 2 fully saturated rings. The van der Waals surface area contributed by atoms with Gasteiger partial charge in [-0.1, -0.05) is 12.8 Å². The van der Waals surface area contributed by atoms with Gasteiger partial charge in [0.2, 0.25) is 5.91 Å². The Bertz CT molecular complexity index is 728. The molecule has 1 saturated heterocycles. The molecule has 1 aliphatic carbocycles. The van der Waals surface area contributed by atoms with E-state index < -0.39 is 0 Å². The molecule has 0 unspecified atom stereocenters. The molecule has 1 atom stereocenters. The van der Waals surface area contributed by atoms with E-state index in [1.807, 2.05) is 10.7 Å². The number of carbonyl (C=O) groups excluding carboxylic acids is 1. The van der Waals surface area contributed by atoms with Crippen LogP contribution in [0.2, 0.25) is 0 Å². The topological polar surface area (TPSA) is 55.1 Å². The number of anilines is 1. The van der Waals surface area contributed by atoms with Crippen molar-refractivity contribution in [1.82, 2.24) is 19.2 Å². The Labute approximate surface area is 148 Å². The van der Waals surface area contributed by atoms with E-state index in [2.05, 4.69) is 45.3 Å². The number of nitrogens with zero attached hydrogens (tertiary/aromatic N) is 4. The number of hydrogen-bond donors (Lipinski definition) is 1. The minimum atomic E-state index is 0.0563. The third-order valence-electron chi connectivity index (χ3n) is 5.64. The van der Waals surface area contributed by atoms with E-state index in [-0.39, 0.29) is 5.91 Å². The molecule has 0 aromatic carbocycles. The Balaban J connectivity index is 1.41. The van der Waals surface area contributed by atoms with E-state index in [1.165, 1.54) is 18.5 Å². The molecule has 25 heavy (non-hydrogen) atoms. The monoisotopic (exact) mass is 341 g/mol. The maximum Gasteiger partial charge on any atom is 0.239 e. The molecule has 2 aliphatic rings. The number of likely N-dealkylation sites (tertiary alicyclic amines) is 1. The number of aryl methyl sites for hydroxylation is 1. The average molecular weight is 341 g/mol. The van der Waals surface area contributed by atoms with Gasteiger partial charge in [-0.15, -0.1) is 0 Å². The number of amides is 1. The Kier molecular flexibility index (Phi) is 4.61. The zero-order chi connectivity index (χ0) is 17.2. The van der Waals surface area contributed by atoms with Gasteiger partial charge in [0.25, 0.3) is 0 Å². The van der Waals surface area contributed by atoms with Gasteiger partial charge in [0.05, 0.1) is 24.8 Å². The lowest BCUT2D eigenvalue weighted by molar-refractivity contribution is -0.117. The molecule has 0 bridgehead atoms. The van der Waals surface area contributed by atoms with Crippen LogP contribution >= 0.6 is 0 Å². The molecule has 2 aromatic heterocycles. The highest BCUT2D eigenvalue weighted by molar-refractivity contribution is 5.91. The summed E-state index contributed by atoms with van der Waals surface area (Å²) in [7, 11) is 2.08. The fraction of sp³-hybridized carbons (Fsp3) is 0.579. The number of rotatable bonds is 5. The van der Waals surface area contributed by atoms with Crippen LogP contribution in [0.3, 0.4) is 0 Å². The number of nitrogens with one attached hydrogen (secondary N) is 1. The first-order valence-corrected chi connectivity index (χ1v) is 9.41. The van der Waals surface area contributed by atoms with Crippen molar-refractivity contribution in [2.75, 3.05) is 18.4 Å². The summed E-state index contributed by atoms with van der Waals surface area (Å²) in [6.45, 7) is 1.41. The van der Waals surface area contributed by atoms with Crippen LogP contribution < -0.4 is 5.32 Å². The van der Waals surface area contributed by atoms with Gasteiger partial charge in [-0.3, -0.25) is 9.69 Å². The van der Waals surface area contributed by atoms with Crippen molar-refractivity contribution in [3.05, 3.63) is 36.3 Å². The number of hydrogen-bond acceptors (Lipinski definition) is 3. The Morgan fingerprint density at radius 2 is 2.08 bits per heavy atom. The molecule has 1 amide bonds. The van der Waals surface area contributed by atoms with Gasteiger partial charge in [0, 0.05) is 25.0 Å². The third-order valence-corrected chi connectivity index (χ3v) is 5.64. The second kappa shape index (κ2) is 7.04. The van der Waals surface area contributed by atoms with Crippen LogP contribution in [0.25, 0.3) is 0 Å². The minimum Gasteiger partial charge on any atom is -0.353 e. The van der Waals surface area contributed by atoms with E-state index in [0.717, 1.165) is 38.0 Å². The van der Waals surface area contributed by atoms with Crippen molar-refractivity contribution in [1.29, 1.82) is 0 Å². The van der Waals surface area contributed by atoms with Crippen molar-refractivity contribution in [2.45, 2.75) is 50.6 Å². The molecule has 1 saturated carbocycles. The number of carbonyl (C=O) groups is 1. The van der Waals surface area contributed by atoms with Gasteiger partial charge in [0.15, 0.2) is 0 Å². The van der Waals surface area contributed by atoms with E-state index in [4.69, 9.17) is 0 Å². The maximum atomic E-state index is 12.6. The van der Waals surface area contributed by atoms with Crippen LogP contribution in [-0.4, -0.2) is 38.2 Å². The first-order chi connectivity index (χ1) is 12.2. The number of aromatic nitrogens is 3. The van der Waals surface area contributed by atoms with Crippen LogP contribution in [0.4, 0.5) is 5.82 Å². The summed E-state index contributed by atoms with van der Waals surface area (Å²) in [4.78, 5) is 14.9. The molecule has 6 nitrogen and oxygen atoms in total. The maximum absolute atomic E-state index is 12.6. The van der Waals surface area contributed by atoms with Crippen LogP contribution in [0.5, 0.6) is 0 Å². The predicted octanol–water partition coefficient (Wildman–Crippen LogP) is 3.11. The highest BCUT2D eigenvalue weighted by Gasteiger charge is 2.29. The van der Waals surface area contributed by atoms with Crippen molar-refractivity contribution in [3.8, 4) is 0 Å². The van der Waals surface area contributed by atoms with Crippen LogP contribution in [0.1, 0.15) is 56.3 Å². The summed E-state index contributed by atoms with van der Waals surface area (Å²) < 4.78 is 4.17. The van der Waals surface area contributed by atoms with Crippen LogP contribution in [0.15, 0.2) is 30.6 Å². The zero-order valence-corrected chi connectivity index (χ0v) is 14.9. The highest BCUT2D eigenvalue weighted by Crippen LogP contribution is 2.32. The molecule has 1 N–H and O–H groups in total. The molecular weight excluding hydrogens is 314 g/mol. The predicted molar refractivity (Wildman–Crippen MR) is 97.3 cm³/mol. The second-order valence-corrected chi connectivity index (χ2v) is 7.32. The lowest BCUT2D eigenvalue weighted by Crippen LogP contribution is -2.34. The highest BCUT2D eigenvalue weighted by atomic mass is 16.2. The van der Waals surface area contributed by atoms with Crippen molar-refractivity contribution in [3.63, 3.8) is 0 Å². The van der Waals surface area contributed by atoms with Gasteiger partial charge in [-0.2, -0.15) is 5.10 Å². The van der Waals surface area contributed by atoms with E-state index in [0.29, 0.717) is 18.6 Å². The summed E-state index contributed by atoms with van der Waals surface area (Å²) in [6, 6.07) is 6.93. The lowest BCUT2D eigenvalue weighted by Gasteiger charge is -2.24. The fourth-order valence-corrected chi connectivity index (χ4v) is 4.39. The molecule has 0 radical (unpaired) electrons. The normalized spacial score (nSPS) is 21.9. The SMILES string of the molecule is Cn1cccc1[C@H]1CCCN1CC(=O)Nc1ccnn1C1CCCC1.